The molecule has 3 N–H and O–H groups in total. The van der Waals surface area contributed by atoms with E-state index in [-0.39, 0.29) is 16.4 Å². The highest BCUT2D eigenvalue weighted by Gasteiger charge is 2.28. The first-order chi connectivity index (χ1) is 9.32. The third-order valence-corrected chi connectivity index (χ3v) is 5.85. The molecule has 1 saturated heterocycles. The minimum atomic E-state index is -3.47. The average Bonchev–Trinajstić information content (AvgIpc) is 2.53. The number of anilines is 2. The Morgan fingerprint density at radius 3 is 2.65 bits per heavy atom. The lowest BCUT2D eigenvalue weighted by Crippen LogP contribution is -2.28. The number of hydrogen-bond donors (Lipinski definition) is 2. The molecule has 1 aliphatic rings. The highest BCUT2D eigenvalue weighted by molar-refractivity contribution is 7.91. The first-order valence-electron chi connectivity index (χ1n) is 6.41. The maximum Gasteiger partial charge on any atom is 0.180 e. The fraction of sp³-hybridized carbons (Fsp3) is 0.583. The number of ketones is 1. The van der Waals surface area contributed by atoms with E-state index in [1.54, 1.807) is 0 Å². The number of nitrogens with one attached hydrogen (secondary N) is 1. The topological polar surface area (TPSA) is 92.5 Å². The molecule has 0 radical (unpaired) electrons. The molecule has 0 aromatic carbocycles. The summed E-state index contributed by atoms with van der Waals surface area (Å²) in [7, 11) is -3.47. The predicted molar refractivity (Wildman–Crippen MR) is 81.5 cm³/mol. The molecule has 112 valence electrons. The second-order valence-corrected chi connectivity index (χ2v) is 7.85. The van der Waals surface area contributed by atoms with Crippen LogP contribution in [0.25, 0.3) is 0 Å². The lowest BCUT2D eigenvalue weighted by Gasteiger charge is -2.21. The van der Waals surface area contributed by atoms with Crippen molar-refractivity contribution in [3.8, 4) is 0 Å². The van der Waals surface area contributed by atoms with Crippen LogP contribution in [0.3, 0.4) is 0 Å². The van der Waals surface area contributed by atoms with Crippen LogP contribution in [0.15, 0.2) is 4.90 Å². The molecule has 0 unspecified atom stereocenters. The van der Waals surface area contributed by atoms with Crippen molar-refractivity contribution in [3.63, 3.8) is 0 Å². The van der Waals surface area contributed by atoms with Crippen molar-refractivity contribution in [1.29, 1.82) is 0 Å². The largest absolute Gasteiger partial charge is 0.396 e. The normalized spacial score (nSPS) is 17.0. The van der Waals surface area contributed by atoms with Gasteiger partial charge in [0.15, 0.2) is 15.6 Å². The molecule has 1 fully saturated rings. The number of nitrogens with zero attached hydrogens (tertiary/aromatic N) is 1. The Labute approximate surface area is 122 Å². The monoisotopic (exact) mass is 317 g/mol. The molecule has 6 nitrogen and oxygen atoms in total. The number of carbonyl (C=O) groups is 1. The Bertz CT molecular complexity index is 614. The summed E-state index contributed by atoms with van der Waals surface area (Å²) in [6.07, 6.45) is 2.06. The quantitative estimate of drug-likeness (QED) is 0.799. The third-order valence-electron chi connectivity index (χ3n) is 3.20. The smallest absolute Gasteiger partial charge is 0.180 e. The van der Waals surface area contributed by atoms with Crippen molar-refractivity contribution in [3.05, 3.63) is 4.88 Å². The summed E-state index contributed by atoms with van der Waals surface area (Å²) in [4.78, 5) is 14.1. The Balaban J connectivity index is 2.56. The van der Waals surface area contributed by atoms with Gasteiger partial charge in [0.1, 0.15) is 9.90 Å². The first-order valence-corrected chi connectivity index (χ1v) is 9.12. The molecule has 0 bridgehead atoms. The molecule has 0 spiro atoms. The zero-order chi connectivity index (χ0) is 14.9. The zero-order valence-electron chi connectivity index (χ0n) is 11.6. The Hall–Kier alpha value is -1.12. The molecule has 20 heavy (non-hydrogen) atoms. The average molecular weight is 317 g/mol. The summed E-state index contributed by atoms with van der Waals surface area (Å²) in [6.45, 7) is 4.57. The second kappa shape index (κ2) is 5.71. The molecule has 0 saturated carbocycles. The number of thiophene rings is 1. The van der Waals surface area contributed by atoms with E-state index in [2.05, 4.69) is 5.32 Å². The zero-order valence-corrected chi connectivity index (χ0v) is 13.2. The Morgan fingerprint density at radius 1 is 1.35 bits per heavy atom. The van der Waals surface area contributed by atoms with E-state index in [9.17, 15) is 13.2 Å². The lowest BCUT2D eigenvalue weighted by molar-refractivity contribution is 0.102. The molecule has 0 atom stereocenters. The molecular formula is C12H19N3O3S2. The minimum absolute atomic E-state index is 0.0946. The number of hydrogen-bond acceptors (Lipinski definition) is 7. The van der Waals surface area contributed by atoms with Gasteiger partial charge in [0.05, 0.1) is 10.6 Å². The van der Waals surface area contributed by atoms with Crippen molar-refractivity contribution in [2.24, 2.45) is 0 Å². The van der Waals surface area contributed by atoms with Crippen LogP contribution in [0.5, 0.6) is 0 Å². The second-order valence-electron chi connectivity index (χ2n) is 4.90. The predicted octanol–water partition coefficient (Wildman–Crippen LogP) is 0.736. The summed E-state index contributed by atoms with van der Waals surface area (Å²) in [5.74, 6) is -0.198. The van der Waals surface area contributed by atoms with Gasteiger partial charge in [-0.2, -0.15) is 0 Å². The number of carbonyl (C=O) groups excluding carboxylic acids is 1. The summed E-state index contributed by atoms with van der Waals surface area (Å²) in [5, 5.41) is 3.86. The Morgan fingerprint density at radius 2 is 2.05 bits per heavy atom. The molecule has 0 amide bonds. The van der Waals surface area contributed by atoms with Crippen LogP contribution in [0.1, 0.15) is 23.0 Å². The number of nitrogens with two attached hydrogens (primary N) is 1. The van der Waals surface area contributed by atoms with Gasteiger partial charge in [-0.3, -0.25) is 4.79 Å². The SMILES string of the molecule is CC(=O)c1sc(N2CCCNCC2)c(S(C)(=O)=O)c1N. The van der Waals surface area contributed by atoms with E-state index in [1.807, 2.05) is 4.90 Å². The maximum atomic E-state index is 12.0. The van der Waals surface area contributed by atoms with Crippen molar-refractivity contribution in [1.82, 2.24) is 5.32 Å². The summed E-state index contributed by atoms with van der Waals surface area (Å²) in [5.41, 5.74) is 6.00. The van der Waals surface area contributed by atoms with Gasteiger partial charge in [0.2, 0.25) is 0 Å². The highest BCUT2D eigenvalue weighted by atomic mass is 32.2. The molecule has 0 aliphatic carbocycles. The molecule has 8 heteroatoms. The van der Waals surface area contributed by atoms with Crippen molar-refractivity contribution in [2.75, 3.05) is 43.1 Å². The number of rotatable bonds is 3. The lowest BCUT2D eigenvalue weighted by atomic mass is 10.3. The van der Waals surface area contributed by atoms with Crippen LogP contribution in [0, 0.1) is 0 Å². The van der Waals surface area contributed by atoms with Crippen LogP contribution >= 0.6 is 11.3 Å². The van der Waals surface area contributed by atoms with E-state index in [1.165, 1.54) is 18.3 Å². The summed E-state index contributed by atoms with van der Waals surface area (Å²) in [6, 6.07) is 0. The van der Waals surface area contributed by atoms with Gasteiger partial charge in [-0.25, -0.2) is 8.42 Å². The van der Waals surface area contributed by atoms with Gasteiger partial charge in [-0.1, -0.05) is 0 Å². The first kappa shape index (κ1) is 15.3. The molecule has 1 aromatic rings. The van der Waals surface area contributed by atoms with Crippen LogP contribution in [0.4, 0.5) is 10.7 Å². The van der Waals surface area contributed by atoms with E-state index >= 15 is 0 Å². The fourth-order valence-corrected chi connectivity index (χ4v) is 4.95. The fourth-order valence-electron chi connectivity index (χ4n) is 2.29. The summed E-state index contributed by atoms with van der Waals surface area (Å²) >= 11 is 1.18. The van der Waals surface area contributed by atoms with Gasteiger partial charge >= 0.3 is 0 Å². The van der Waals surface area contributed by atoms with Gasteiger partial charge in [0, 0.05) is 32.8 Å². The molecule has 1 aromatic heterocycles. The highest BCUT2D eigenvalue weighted by Crippen LogP contribution is 2.41. The standard InChI is InChI=1S/C12H19N3O3S2/c1-8(16)10-9(13)11(20(2,17)18)12(19-10)15-6-3-4-14-5-7-15/h14H,3-7,13H2,1-2H3. The van der Waals surface area contributed by atoms with Crippen LogP contribution in [0.2, 0.25) is 0 Å². The molecule has 1 aliphatic heterocycles. The number of sulfone groups is 1. The van der Waals surface area contributed by atoms with Crippen molar-refractivity contribution < 1.29 is 13.2 Å². The van der Waals surface area contributed by atoms with E-state index in [0.717, 1.165) is 32.3 Å². The van der Waals surface area contributed by atoms with Crippen molar-refractivity contribution >= 4 is 37.6 Å². The third kappa shape index (κ3) is 2.97. The van der Waals surface area contributed by atoms with E-state index in [4.69, 9.17) is 5.73 Å². The Kier molecular flexibility index (Phi) is 4.36. The molecule has 2 rings (SSSR count). The number of Topliss-reactive ketones (excluding diaryl/α,β-unsaturated/α-hetero) is 1. The molecular weight excluding hydrogens is 298 g/mol. The van der Waals surface area contributed by atoms with Gasteiger partial charge < -0.3 is 16.0 Å². The minimum Gasteiger partial charge on any atom is -0.396 e. The van der Waals surface area contributed by atoms with Gasteiger partial charge in [-0.15, -0.1) is 11.3 Å². The maximum absolute atomic E-state index is 12.0. The number of nitrogen functional groups attached to an aromatic ring is 1. The van der Waals surface area contributed by atoms with E-state index < -0.39 is 9.84 Å². The van der Waals surface area contributed by atoms with Crippen LogP contribution in [-0.4, -0.2) is 46.6 Å². The van der Waals surface area contributed by atoms with Gasteiger partial charge in [0.25, 0.3) is 0 Å². The van der Waals surface area contributed by atoms with E-state index in [0.29, 0.717) is 16.4 Å². The van der Waals surface area contributed by atoms with Crippen LogP contribution in [-0.2, 0) is 9.84 Å². The molecule has 2 heterocycles. The van der Waals surface area contributed by atoms with Crippen molar-refractivity contribution in [2.45, 2.75) is 18.2 Å². The van der Waals surface area contributed by atoms with Gasteiger partial charge in [-0.05, 0) is 13.0 Å². The van der Waals surface area contributed by atoms with Crippen LogP contribution < -0.4 is 16.0 Å². The summed E-state index contributed by atoms with van der Waals surface area (Å²) < 4.78 is 24.0.